The van der Waals surface area contributed by atoms with Crippen LogP contribution < -0.4 is 5.73 Å². The largest absolute Gasteiger partial charge is 0.347 e. The van der Waals surface area contributed by atoms with Crippen molar-refractivity contribution < 1.29 is 9.59 Å². The van der Waals surface area contributed by atoms with Crippen molar-refractivity contribution >= 4 is 11.8 Å². The molecule has 2 aliphatic rings. The van der Waals surface area contributed by atoms with Gasteiger partial charge in [0, 0.05) is 33.1 Å². The fourth-order valence-corrected chi connectivity index (χ4v) is 2.63. The van der Waals surface area contributed by atoms with Crippen molar-refractivity contribution in [2.24, 2.45) is 11.7 Å². The van der Waals surface area contributed by atoms with Gasteiger partial charge in [-0.05, 0) is 31.6 Å². The van der Waals surface area contributed by atoms with E-state index in [1.807, 2.05) is 0 Å². The Bertz CT molecular complexity index is 339. The van der Waals surface area contributed by atoms with Gasteiger partial charge in [-0.3, -0.25) is 9.59 Å². The minimum Gasteiger partial charge on any atom is -0.347 e. The van der Waals surface area contributed by atoms with Crippen LogP contribution in [-0.4, -0.2) is 54.3 Å². The summed E-state index contributed by atoms with van der Waals surface area (Å²) in [6, 6.07) is -0.285. The van der Waals surface area contributed by atoms with Crippen LogP contribution in [0.15, 0.2) is 0 Å². The van der Waals surface area contributed by atoms with E-state index in [0.717, 1.165) is 25.7 Å². The molecule has 0 spiro atoms. The summed E-state index contributed by atoms with van der Waals surface area (Å²) in [6.07, 6.45) is 4.38. The summed E-state index contributed by atoms with van der Waals surface area (Å²) >= 11 is 0. The summed E-state index contributed by atoms with van der Waals surface area (Å²) in [7, 11) is 3.47. The lowest BCUT2D eigenvalue weighted by molar-refractivity contribution is -0.142. The third-order valence-electron chi connectivity index (χ3n) is 3.94. The van der Waals surface area contributed by atoms with Crippen LogP contribution in [0.2, 0.25) is 0 Å². The highest BCUT2D eigenvalue weighted by molar-refractivity contribution is 5.88. The van der Waals surface area contributed by atoms with E-state index in [2.05, 4.69) is 0 Å². The Kier molecular flexibility index (Phi) is 3.90. The zero-order valence-electron chi connectivity index (χ0n) is 11.3. The number of rotatable bonds is 4. The Balaban J connectivity index is 1.93. The molecule has 102 valence electrons. The molecule has 0 aromatic rings. The lowest BCUT2D eigenvalue weighted by Gasteiger charge is -2.27. The van der Waals surface area contributed by atoms with Crippen LogP contribution in [0.3, 0.4) is 0 Å². The Morgan fingerprint density at radius 2 is 2.00 bits per heavy atom. The molecule has 2 fully saturated rings. The average Bonchev–Trinajstić information content (AvgIpc) is 3.05. The summed E-state index contributed by atoms with van der Waals surface area (Å²) < 4.78 is 0. The quantitative estimate of drug-likeness (QED) is 0.778. The fourth-order valence-electron chi connectivity index (χ4n) is 2.63. The van der Waals surface area contributed by atoms with Gasteiger partial charge in [0.25, 0.3) is 0 Å². The molecule has 2 rings (SSSR count). The van der Waals surface area contributed by atoms with Crippen molar-refractivity contribution in [3.63, 3.8) is 0 Å². The molecule has 2 atom stereocenters. The van der Waals surface area contributed by atoms with E-state index in [0.29, 0.717) is 18.9 Å². The van der Waals surface area contributed by atoms with E-state index >= 15 is 0 Å². The number of carbonyl (C=O) groups excluding carboxylic acids is 2. The van der Waals surface area contributed by atoms with Gasteiger partial charge in [-0.2, -0.15) is 0 Å². The van der Waals surface area contributed by atoms with Gasteiger partial charge in [-0.15, -0.1) is 0 Å². The van der Waals surface area contributed by atoms with E-state index in [9.17, 15) is 9.59 Å². The number of likely N-dealkylation sites (N-methyl/N-ethyl adjacent to an activating group) is 1. The van der Waals surface area contributed by atoms with Gasteiger partial charge in [-0.25, -0.2) is 0 Å². The number of hydrogen-bond donors (Lipinski definition) is 1. The standard InChI is InChI=1S/C13H23N3O2/c1-15(2)13(18)11-4-3-7-16(11)12(17)8-10(14)9-5-6-9/h9-11H,3-8,14H2,1-2H3. The lowest BCUT2D eigenvalue weighted by Crippen LogP contribution is -2.46. The van der Waals surface area contributed by atoms with Gasteiger partial charge in [0.15, 0.2) is 0 Å². The molecule has 0 aromatic heterocycles. The zero-order valence-corrected chi connectivity index (χ0v) is 11.3. The van der Waals surface area contributed by atoms with Crippen LogP contribution in [0.5, 0.6) is 0 Å². The molecule has 1 aliphatic carbocycles. The normalized spacial score (nSPS) is 25.1. The highest BCUT2D eigenvalue weighted by atomic mass is 16.2. The maximum absolute atomic E-state index is 12.2. The highest BCUT2D eigenvalue weighted by Gasteiger charge is 2.37. The number of likely N-dealkylation sites (tertiary alicyclic amines) is 1. The predicted octanol–water partition coefficient (Wildman–Crippen LogP) is 0.193. The van der Waals surface area contributed by atoms with Gasteiger partial charge in [0.2, 0.25) is 11.8 Å². The molecular weight excluding hydrogens is 230 g/mol. The molecule has 1 heterocycles. The molecule has 2 amide bonds. The molecule has 2 N–H and O–H groups in total. The third kappa shape index (κ3) is 2.83. The first-order valence-corrected chi connectivity index (χ1v) is 6.77. The van der Waals surface area contributed by atoms with E-state index in [1.54, 1.807) is 23.9 Å². The van der Waals surface area contributed by atoms with Gasteiger partial charge < -0.3 is 15.5 Å². The zero-order chi connectivity index (χ0) is 13.3. The molecular formula is C13H23N3O2. The van der Waals surface area contributed by atoms with Crippen LogP contribution in [0.25, 0.3) is 0 Å². The first-order valence-electron chi connectivity index (χ1n) is 6.77. The monoisotopic (exact) mass is 253 g/mol. The van der Waals surface area contributed by atoms with Crippen LogP contribution in [0.4, 0.5) is 0 Å². The second kappa shape index (κ2) is 5.26. The van der Waals surface area contributed by atoms with Crippen molar-refractivity contribution in [2.75, 3.05) is 20.6 Å². The number of hydrogen-bond acceptors (Lipinski definition) is 3. The average molecular weight is 253 g/mol. The first kappa shape index (κ1) is 13.3. The predicted molar refractivity (Wildman–Crippen MR) is 68.7 cm³/mol. The van der Waals surface area contributed by atoms with Crippen molar-refractivity contribution in [1.29, 1.82) is 0 Å². The Morgan fingerprint density at radius 1 is 1.33 bits per heavy atom. The van der Waals surface area contributed by atoms with Crippen molar-refractivity contribution in [3.05, 3.63) is 0 Å². The minimum atomic E-state index is -0.265. The van der Waals surface area contributed by atoms with E-state index in [1.165, 1.54) is 0 Å². The molecule has 1 saturated carbocycles. The van der Waals surface area contributed by atoms with Gasteiger partial charge in [-0.1, -0.05) is 0 Å². The molecule has 18 heavy (non-hydrogen) atoms. The topological polar surface area (TPSA) is 66.6 Å². The van der Waals surface area contributed by atoms with Crippen LogP contribution in [0, 0.1) is 5.92 Å². The Labute approximate surface area is 108 Å². The molecule has 5 heteroatoms. The number of carbonyl (C=O) groups is 2. The summed E-state index contributed by atoms with van der Waals surface area (Å²) in [6.45, 7) is 0.695. The number of nitrogens with two attached hydrogens (primary N) is 1. The molecule has 2 unspecified atom stereocenters. The summed E-state index contributed by atoms with van der Waals surface area (Å²) in [5, 5.41) is 0. The van der Waals surface area contributed by atoms with Gasteiger partial charge in [0.05, 0.1) is 0 Å². The molecule has 1 saturated heterocycles. The summed E-state index contributed by atoms with van der Waals surface area (Å²) in [5.74, 6) is 0.604. The van der Waals surface area contributed by atoms with Crippen molar-refractivity contribution in [1.82, 2.24) is 9.80 Å². The van der Waals surface area contributed by atoms with Gasteiger partial charge in [0.1, 0.15) is 6.04 Å². The first-order chi connectivity index (χ1) is 8.50. The van der Waals surface area contributed by atoms with Gasteiger partial charge >= 0.3 is 0 Å². The van der Waals surface area contributed by atoms with Crippen molar-refractivity contribution in [3.8, 4) is 0 Å². The Hall–Kier alpha value is -1.10. The summed E-state index contributed by atoms with van der Waals surface area (Å²) in [5.41, 5.74) is 5.99. The fraction of sp³-hybridized carbons (Fsp3) is 0.846. The third-order valence-corrected chi connectivity index (χ3v) is 3.94. The maximum Gasteiger partial charge on any atom is 0.244 e. The lowest BCUT2D eigenvalue weighted by atomic mass is 10.1. The minimum absolute atomic E-state index is 0.0202. The molecule has 5 nitrogen and oxygen atoms in total. The SMILES string of the molecule is CN(C)C(=O)C1CCCN1C(=O)CC(N)C1CC1. The molecule has 1 aliphatic heterocycles. The van der Waals surface area contributed by atoms with Crippen LogP contribution in [-0.2, 0) is 9.59 Å². The van der Waals surface area contributed by atoms with Crippen LogP contribution >= 0.6 is 0 Å². The van der Waals surface area contributed by atoms with E-state index < -0.39 is 0 Å². The highest BCUT2D eigenvalue weighted by Crippen LogP contribution is 2.33. The van der Waals surface area contributed by atoms with Crippen molar-refractivity contribution in [2.45, 2.75) is 44.2 Å². The maximum atomic E-state index is 12.2. The molecule has 0 bridgehead atoms. The summed E-state index contributed by atoms with van der Waals surface area (Å²) in [4.78, 5) is 27.5. The smallest absolute Gasteiger partial charge is 0.244 e. The molecule has 0 radical (unpaired) electrons. The second-order valence-electron chi connectivity index (χ2n) is 5.68. The second-order valence-corrected chi connectivity index (χ2v) is 5.68. The van der Waals surface area contributed by atoms with E-state index in [-0.39, 0.29) is 23.9 Å². The number of amides is 2. The number of nitrogens with zero attached hydrogens (tertiary/aromatic N) is 2. The van der Waals surface area contributed by atoms with Crippen LogP contribution in [0.1, 0.15) is 32.1 Å². The molecule has 0 aromatic carbocycles. The Morgan fingerprint density at radius 3 is 2.56 bits per heavy atom. The van der Waals surface area contributed by atoms with E-state index in [4.69, 9.17) is 5.73 Å².